The summed E-state index contributed by atoms with van der Waals surface area (Å²) in [6, 6.07) is 13.1. The number of quaternary nitrogens is 1. The average molecular weight is 790 g/mol. The van der Waals surface area contributed by atoms with Gasteiger partial charge in [-0.2, -0.15) is 4.31 Å². The fourth-order valence-electron chi connectivity index (χ4n) is 5.19. The third kappa shape index (κ3) is 9.98. The van der Waals surface area contributed by atoms with E-state index in [1.165, 1.54) is 59.6 Å². The number of nitro benzene ring substituents is 1. The minimum absolute atomic E-state index is 0.0327. The van der Waals surface area contributed by atoms with Crippen LogP contribution in [0.4, 0.5) is 16.2 Å². The predicted molar refractivity (Wildman–Crippen MR) is 194 cm³/mol. The van der Waals surface area contributed by atoms with E-state index in [1.54, 1.807) is 41.5 Å². The highest BCUT2D eigenvalue weighted by molar-refractivity contribution is 7.89. The molecule has 290 valence electrons. The molecule has 2 amide bonds. The number of hydrazine groups is 1. The number of ether oxygens (including phenoxy) is 2. The fourth-order valence-corrected chi connectivity index (χ4v) is 6.98. The Morgan fingerprint density at radius 2 is 1.78 bits per heavy atom. The smallest absolute Gasteiger partial charge is 0.424 e. The third-order valence-corrected chi connectivity index (χ3v) is 10.2. The molecule has 20 heteroatoms. The molecule has 1 heterocycles. The third-order valence-electron chi connectivity index (χ3n) is 8.05. The molecule has 1 aliphatic heterocycles. The first-order valence-electron chi connectivity index (χ1n) is 16.6. The number of nitro groups is 1. The van der Waals surface area contributed by atoms with Gasteiger partial charge in [0.25, 0.3) is 28.4 Å². The number of carbonyl (C=O) groups excluding carboxylic acids is 3. The highest BCUT2D eigenvalue weighted by Crippen LogP contribution is 2.34. The summed E-state index contributed by atoms with van der Waals surface area (Å²) < 4.78 is 38.4. The molecule has 1 atom stereocenters. The SMILES string of the molecule is CC[N+]([O-])(CC)/N=N\OCOC(=O)c1cccc(CN(C(=O)OC(C)(C)C)S(=O)(=O)c2cc(C(=O)NN3c4ccc([N+](=O)[O-])cc4CC3C)ccc2Cl)c1. The Kier molecular flexibility index (Phi) is 12.8. The molecule has 0 spiro atoms. The van der Waals surface area contributed by atoms with E-state index >= 15 is 0 Å². The van der Waals surface area contributed by atoms with Gasteiger partial charge in [0.15, 0.2) is 0 Å². The minimum atomic E-state index is -4.84. The zero-order valence-corrected chi connectivity index (χ0v) is 31.9. The highest BCUT2D eigenvalue weighted by Gasteiger charge is 2.36. The number of rotatable bonds is 14. The predicted octanol–water partition coefficient (Wildman–Crippen LogP) is 6.24. The second-order valence-corrected chi connectivity index (χ2v) is 15.3. The molecule has 0 aromatic heterocycles. The molecule has 3 aromatic rings. The molecular formula is C34H40ClN7O11S. The van der Waals surface area contributed by atoms with Crippen LogP contribution in [-0.4, -0.2) is 71.9 Å². The van der Waals surface area contributed by atoms with Crippen molar-refractivity contribution in [2.24, 2.45) is 10.5 Å². The average Bonchev–Trinajstić information content (AvgIpc) is 3.42. The maximum Gasteiger partial charge on any atom is 0.424 e. The summed E-state index contributed by atoms with van der Waals surface area (Å²) in [5.41, 5.74) is 2.70. The van der Waals surface area contributed by atoms with Gasteiger partial charge >= 0.3 is 12.1 Å². The summed E-state index contributed by atoms with van der Waals surface area (Å²) in [5, 5.41) is 31.4. The van der Waals surface area contributed by atoms with E-state index < -0.39 is 61.5 Å². The zero-order chi connectivity index (χ0) is 40.0. The quantitative estimate of drug-likeness (QED) is 0.0365. The number of fused-ring (bicyclic) bond motifs is 1. The molecule has 0 radical (unpaired) electrons. The van der Waals surface area contributed by atoms with Gasteiger partial charge in [-0.3, -0.25) is 25.3 Å². The summed E-state index contributed by atoms with van der Waals surface area (Å²) in [5.74, 6) is -1.61. The topological polar surface area (TPSA) is 222 Å². The molecule has 1 unspecified atom stereocenters. The Bertz CT molecular complexity index is 2050. The van der Waals surface area contributed by atoms with Crippen LogP contribution in [0.5, 0.6) is 0 Å². The van der Waals surface area contributed by atoms with Gasteiger partial charge in [-0.25, -0.2) is 22.8 Å². The molecule has 0 saturated heterocycles. The molecule has 0 aliphatic carbocycles. The number of hydrogen-bond acceptors (Lipinski definition) is 14. The number of benzene rings is 3. The van der Waals surface area contributed by atoms with Crippen molar-refractivity contribution in [2.45, 2.75) is 71.0 Å². The molecule has 1 N–H and O–H groups in total. The van der Waals surface area contributed by atoms with Crippen molar-refractivity contribution in [1.29, 1.82) is 0 Å². The van der Waals surface area contributed by atoms with Crippen LogP contribution in [0.2, 0.25) is 5.02 Å². The Balaban J connectivity index is 1.58. The number of nitrogens with zero attached hydrogens (tertiary/aromatic N) is 6. The van der Waals surface area contributed by atoms with Gasteiger partial charge in [0.05, 0.1) is 44.3 Å². The molecule has 1 aliphatic rings. The van der Waals surface area contributed by atoms with E-state index in [-0.39, 0.29) is 46.5 Å². The first-order valence-corrected chi connectivity index (χ1v) is 18.4. The van der Waals surface area contributed by atoms with Gasteiger partial charge < -0.3 is 19.5 Å². The molecule has 4 rings (SSSR count). The largest absolute Gasteiger partial charge is 0.603 e. The lowest BCUT2D eigenvalue weighted by Crippen LogP contribution is -2.45. The molecule has 54 heavy (non-hydrogen) atoms. The van der Waals surface area contributed by atoms with Crippen LogP contribution >= 0.6 is 11.6 Å². The summed E-state index contributed by atoms with van der Waals surface area (Å²) >= 11 is 6.39. The number of non-ortho nitro benzene ring substituents is 1. The fraction of sp³-hybridized carbons (Fsp3) is 0.382. The van der Waals surface area contributed by atoms with Crippen LogP contribution in [0.1, 0.15) is 73.4 Å². The first-order chi connectivity index (χ1) is 25.3. The highest BCUT2D eigenvalue weighted by atomic mass is 35.5. The summed E-state index contributed by atoms with van der Waals surface area (Å²) in [6.07, 6.45) is -0.856. The van der Waals surface area contributed by atoms with Crippen molar-refractivity contribution >= 4 is 51.0 Å². The van der Waals surface area contributed by atoms with Gasteiger partial charge in [0.1, 0.15) is 23.6 Å². The number of hydrogen-bond donors (Lipinski definition) is 1. The number of amides is 2. The number of esters is 1. The lowest BCUT2D eigenvalue weighted by atomic mass is 10.1. The van der Waals surface area contributed by atoms with Crippen LogP contribution in [0.25, 0.3) is 0 Å². The number of halogens is 1. The van der Waals surface area contributed by atoms with E-state index in [0.29, 0.717) is 22.0 Å². The van der Waals surface area contributed by atoms with E-state index in [1.807, 2.05) is 0 Å². The second-order valence-electron chi connectivity index (χ2n) is 13.1. The number of sulfonamides is 1. The van der Waals surface area contributed by atoms with Crippen LogP contribution in [0, 0.1) is 15.3 Å². The number of carbonyl (C=O) groups is 3. The summed E-state index contributed by atoms with van der Waals surface area (Å²) in [4.78, 5) is 54.7. The van der Waals surface area contributed by atoms with Gasteiger partial charge in [-0.05, 0) is 95.5 Å². The number of anilines is 1. The number of hydroxylamine groups is 2. The first kappa shape index (κ1) is 41.4. The van der Waals surface area contributed by atoms with E-state index in [0.717, 1.165) is 6.07 Å². The Morgan fingerprint density at radius 3 is 2.43 bits per heavy atom. The van der Waals surface area contributed by atoms with Gasteiger partial charge in [-0.1, -0.05) is 23.7 Å². The van der Waals surface area contributed by atoms with Gasteiger partial charge in [0, 0.05) is 17.7 Å². The van der Waals surface area contributed by atoms with E-state index in [2.05, 4.69) is 15.9 Å². The van der Waals surface area contributed by atoms with Gasteiger partial charge in [-0.15, -0.1) is 0 Å². The van der Waals surface area contributed by atoms with Crippen molar-refractivity contribution in [1.82, 2.24) is 9.73 Å². The number of nitrogens with one attached hydrogen (secondary N) is 1. The molecule has 0 saturated carbocycles. The Labute approximate surface area is 316 Å². The molecular weight excluding hydrogens is 750 g/mol. The van der Waals surface area contributed by atoms with E-state index in [4.69, 9.17) is 25.9 Å². The van der Waals surface area contributed by atoms with Crippen molar-refractivity contribution in [2.75, 3.05) is 24.9 Å². The van der Waals surface area contributed by atoms with Gasteiger partial charge in [0.2, 0.25) is 0 Å². The Morgan fingerprint density at radius 1 is 1.07 bits per heavy atom. The maximum atomic E-state index is 14.2. The minimum Gasteiger partial charge on any atom is -0.603 e. The van der Waals surface area contributed by atoms with Crippen LogP contribution < -0.4 is 10.4 Å². The van der Waals surface area contributed by atoms with Crippen LogP contribution in [0.3, 0.4) is 0 Å². The second kappa shape index (κ2) is 16.8. The zero-order valence-electron chi connectivity index (χ0n) is 30.3. The lowest BCUT2D eigenvalue weighted by Gasteiger charge is -2.30. The molecule has 0 bridgehead atoms. The van der Waals surface area contributed by atoms with Crippen molar-refractivity contribution in [3.63, 3.8) is 0 Å². The molecule has 3 aromatic carbocycles. The summed E-state index contributed by atoms with van der Waals surface area (Å²) in [7, 11) is -4.84. The van der Waals surface area contributed by atoms with Crippen molar-refractivity contribution in [3.8, 4) is 0 Å². The van der Waals surface area contributed by atoms with E-state index in [9.17, 15) is 38.1 Å². The standard InChI is InChI=1S/C34H40ClN7O11S/c1-7-42(48,8-2)37-38-52-21-51-32(44)25-11-9-10-23(17-25)20-39(33(45)53-34(4,5)6)54(49,50)30-19-24(12-14-28(30)35)31(43)36-40-22(3)16-26-18-27(41(46)47)13-15-29(26)40/h9-15,17-19,22H,7-8,16,20-21H2,1-6H3,(H,36,43)/b38-37-. The lowest BCUT2D eigenvalue weighted by molar-refractivity contribution is -0.890. The summed E-state index contributed by atoms with van der Waals surface area (Å²) in [6.45, 7) is 8.61. The van der Waals surface area contributed by atoms with Crippen LogP contribution in [-0.2, 0) is 37.3 Å². The monoisotopic (exact) mass is 789 g/mol. The van der Waals surface area contributed by atoms with Crippen molar-refractivity contribution < 1.29 is 46.8 Å². The normalized spacial score (nSPS) is 14.4. The van der Waals surface area contributed by atoms with Crippen LogP contribution in [0.15, 0.2) is 76.1 Å². The molecule has 0 fully saturated rings. The van der Waals surface area contributed by atoms with Crippen molar-refractivity contribution in [3.05, 3.63) is 103 Å². The Hall–Kier alpha value is -5.37. The molecule has 18 nitrogen and oxygen atoms in total. The maximum absolute atomic E-state index is 14.2.